The van der Waals surface area contributed by atoms with Crippen LogP contribution >= 0.6 is 0 Å². The normalized spacial score (nSPS) is 10.6. The maximum absolute atomic E-state index is 10.6. The van der Waals surface area contributed by atoms with E-state index in [2.05, 4.69) is 15.2 Å². The molecule has 3 aromatic rings. The zero-order valence-electron chi connectivity index (χ0n) is 12.9. The summed E-state index contributed by atoms with van der Waals surface area (Å²) < 4.78 is 16.9. The molecule has 10 nitrogen and oxygen atoms in total. The summed E-state index contributed by atoms with van der Waals surface area (Å²) in [6.45, 7) is 0.133. The zero-order chi connectivity index (χ0) is 17.1. The van der Waals surface area contributed by atoms with Crippen molar-refractivity contribution in [3.63, 3.8) is 0 Å². The Hall–Kier alpha value is -3.43. The molecular formula is C14H13N5O5. The van der Waals surface area contributed by atoms with Gasteiger partial charge in [0.05, 0.1) is 19.1 Å². The fourth-order valence-electron chi connectivity index (χ4n) is 2.08. The van der Waals surface area contributed by atoms with Gasteiger partial charge in [-0.05, 0) is 18.2 Å². The average Bonchev–Trinajstić information content (AvgIpc) is 3.24. The highest BCUT2D eigenvalue weighted by atomic mass is 16.6. The van der Waals surface area contributed by atoms with E-state index >= 15 is 0 Å². The predicted molar refractivity (Wildman–Crippen MR) is 80.8 cm³/mol. The molecule has 124 valence electrons. The van der Waals surface area contributed by atoms with E-state index in [0.29, 0.717) is 22.9 Å². The molecule has 2 aromatic heterocycles. The maximum Gasteiger partial charge on any atom is 0.307 e. The van der Waals surface area contributed by atoms with Gasteiger partial charge in [0.1, 0.15) is 18.9 Å². The van der Waals surface area contributed by atoms with Crippen LogP contribution in [0.2, 0.25) is 0 Å². The molecule has 0 aliphatic carbocycles. The molecular weight excluding hydrogens is 318 g/mol. The Morgan fingerprint density at radius 1 is 1.29 bits per heavy atom. The van der Waals surface area contributed by atoms with Crippen molar-refractivity contribution in [2.45, 2.75) is 6.54 Å². The molecule has 0 aliphatic rings. The van der Waals surface area contributed by atoms with Crippen LogP contribution in [0.1, 0.15) is 5.89 Å². The molecule has 3 rings (SSSR count). The van der Waals surface area contributed by atoms with Gasteiger partial charge in [-0.15, -0.1) is 0 Å². The number of methoxy groups -OCH3 is 2. The standard InChI is InChI=1S/C14H13N5O5/c1-22-11-4-3-9(5-12(11)23-2)14-16-13(24-17-14)8-18-7-10(6-15-18)19(20)21/h3-7H,8H2,1-2H3. The van der Waals surface area contributed by atoms with E-state index in [-0.39, 0.29) is 18.1 Å². The lowest BCUT2D eigenvalue weighted by molar-refractivity contribution is -0.385. The van der Waals surface area contributed by atoms with Crippen LogP contribution in [0.4, 0.5) is 5.69 Å². The first-order valence-corrected chi connectivity index (χ1v) is 6.82. The third kappa shape index (κ3) is 3.02. The minimum atomic E-state index is -0.521. The monoisotopic (exact) mass is 331 g/mol. The molecule has 0 aliphatic heterocycles. The van der Waals surface area contributed by atoms with Gasteiger partial charge in [0.15, 0.2) is 11.5 Å². The van der Waals surface area contributed by atoms with Crippen LogP contribution in [0.3, 0.4) is 0 Å². The second-order valence-electron chi connectivity index (χ2n) is 4.73. The Bertz CT molecular complexity index is 872. The summed E-state index contributed by atoms with van der Waals surface area (Å²) in [5.41, 5.74) is 0.587. The summed E-state index contributed by atoms with van der Waals surface area (Å²) >= 11 is 0. The number of nitro groups is 1. The van der Waals surface area contributed by atoms with Crippen LogP contribution in [-0.4, -0.2) is 39.1 Å². The molecule has 24 heavy (non-hydrogen) atoms. The second kappa shape index (κ2) is 6.36. The molecule has 0 saturated heterocycles. The first-order valence-electron chi connectivity index (χ1n) is 6.82. The van der Waals surface area contributed by atoms with Gasteiger partial charge in [0.2, 0.25) is 11.7 Å². The zero-order valence-corrected chi connectivity index (χ0v) is 12.9. The molecule has 0 atom stereocenters. The SMILES string of the molecule is COc1ccc(-c2noc(Cn3cc([N+](=O)[O-])cn3)n2)cc1OC. The summed E-state index contributed by atoms with van der Waals surface area (Å²) in [4.78, 5) is 14.4. The van der Waals surface area contributed by atoms with E-state index in [0.717, 1.165) is 6.20 Å². The van der Waals surface area contributed by atoms with Crippen molar-refractivity contribution in [1.29, 1.82) is 0 Å². The fraction of sp³-hybridized carbons (Fsp3) is 0.214. The van der Waals surface area contributed by atoms with E-state index in [1.54, 1.807) is 25.3 Å². The molecule has 0 unspecified atom stereocenters. The van der Waals surface area contributed by atoms with Crippen LogP contribution in [0.15, 0.2) is 35.1 Å². The van der Waals surface area contributed by atoms with Crippen molar-refractivity contribution in [1.82, 2.24) is 19.9 Å². The second-order valence-corrected chi connectivity index (χ2v) is 4.73. The first-order chi connectivity index (χ1) is 11.6. The molecule has 0 radical (unpaired) electrons. The number of hydrogen-bond donors (Lipinski definition) is 0. The molecule has 10 heteroatoms. The Morgan fingerprint density at radius 2 is 2.08 bits per heavy atom. The van der Waals surface area contributed by atoms with E-state index in [4.69, 9.17) is 14.0 Å². The highest BCUT2D eigenvalue weighted by Gasteiger charge is 2.14. The Morgan fingerprint density at radius 3 is 2.75 bits per heavy atom. The van der Waals surface area contributed by atoms with Gasteiger partial charge in [0, 0.05) is 5.56 Å². The van der Waals surface area contributed by atoms with Gasteiger partial charge in [-0.3, -0.25) is 14.8 Å². The van der Waals surface area contributed by atoms with Gasteiger partial charge < -0.3 is 14.0 Å². The summed E-state index contributed by atoms with van der Waals surface area (Å²) in [5, 5.41) is 18.4. The van der Waals surface area contributed by atoms with E-state index < -0.39 is 4.92 Å². The van der Waals surface area contributed by atoms with Crippen molar-refractivity contribution in [3.05, 3.63) is 46.6 Å². The number of ether oxygens (including phenoxy) is 2. The Labute approximate surface area is 135 Å². The third-order valence-electron chi connectivity index (χ3n) is 3.24. The quantitative estimate of drug-likeness (QED) is 0.496. The molecule has 0 N–H and O–H groups in total. The summed E-state index contributed by atoms with van der Waals surface area (Å²) in [6.07, 6.45) is 2.45. The lowest BCUT2D eigenvalue weighted by Crippen LogP contribution is -2.00. The van der Waals surface area contributed by atoms with Gasteiger partial charge in [-0.2, -0.15) is 10.1 Å². The largest absolute Gasteiger partial charge is 0.493 e. The van der Waals surface area contributed by atoms with E-state index in [1.807, 2.05) is 0 Å². The van der Waals surface area contributed by atoms with Gasteiger partial charge in [-0.25, -0.2) is 0 Å². The van der Waals surface area contributed by atoms with Crippen LogP contribution < -0.4 is 9.47 Å². The first kappa shape index (κ1) is 15.5. The topological polar surface area (TPSA) is 118 Å². The predicted octanol–water partition coefficient (Wildman–Crippen LogP) is 1.91. The van der Waals surface area contributed by atoms with Crippen LogP contribution in [-0.2, 0) is 6.54 Å². The van der Waals surface area contributed by atoms with E-state index in [9.17, 15) is 10.1 Å². The molecule has 0 amide bonds. The number of hydrogen-bond acceptors (Lipinski definition) is 8. The minimum Gasteiger partial charge on any atom is -0.493 e. The molecule has 2 heterocycles. The van der Waals surface area contributed by atoms with Crippen molar-refractivity contribution in [3.8, 4) is 22.9 Å². The van der Waals surface area contributed by atoms with Crippen molar-refractivity contribution < 1.29 is 18.9 Å². The summed E-state index contributed by atoms with van der Waals surface area (Å²) in [7, 11) is 3.08. The van der Waals surface area contributed by atoms with Crippen molar-refractivity contribution >= 4 is 5.69 Å². The van der Waals surface area contributed by atoms with Gasteiger partial charge in [0.25, 0.3) is 0 Å². The van der Waals surface area contributed by atoms with Crippen molar-refractivity contribution in [2.24, 2.45) is 0 Å². The summed E-state index contributed by atoms with van der Waals surface area (Å²) in [5.74, 6) is 1.78. The summed E-state index contributed by atoms with van der Waals surface area (Å²) in [6, 6.07) is 5.24. The Balaban J connectivity index is 1.81. The van der Waals surface area contributed by atoms with Crippen LogP contribution in [0.5, 0.6) is 11.5 Å². The fourth-order valence-corrected chi connectivity index (χ4v) is 2.08. The highest BCUT2D eigenvalue weighted by molar-refractivity contribution is 5.60. The van der Waals surface area contributed by atoms with Gasteiger partial charge >= 0.3 is 5.69 Å². The smallest absolute Gasteiger partial charge is 0.307 e. The maximum atomic E-state index is 10.6. The minimum absolute atomic E-state index is 0.102. The van der Waals surface area contributed by atoms with Gasteiger partial charge in [-0.1, -0.05) is 5.16 Å². The number of nitrogens with zero attached hydrogens (tertiary/aromatic N) is 5. The number of aromatic nitrogens is 4. The number of rotatable bonds is 6. The lowest BCUT2D eigenvalue weighted by atomic mass is 10.2. The molecule has 0 spiro atoms. The van der Waals surface area contributed by atoms with E-state index in [1.165, 1.54) is 18.0 Å². The number of benzene rings is 1. The highest BCUT2D eigenvalue weighted by Crippen LogP contribution is 2.31. The average molecular weight is 331 g/mol. The van der Waals surface area contributed by atoms with Crippen LogP contribution in [0.25, 0.3) is 11.4 Å². The molecule has 0 bridgehead atoms. The molecule has 1 aromatic carbocycles. The lowest BCUT2D eigenvalue weighted by Gasteiger charge is -2.07. The molecule has 0 fully saturated rings. The molecule has 0 saturated carbocycles. The van der Waals surface area contributed by atoms with Crippen LogP contribution in [0, 0.1) is 10.1 Å². The third-order valence-corrected chi connectivity index (χ3v) is 3.24. The Kier molecular flexibility index (Phi) is 4.10. The van der Waals surface area contributed by atoms with Crippen molar-refractivity contribution in [2.75, 3.05) is 14.2 Å².